The number of rotatable bonds is 5. The number of hydrogen-bond acceptors (Lipinski definition) is 6. The number of benzene rings is 1. The van der Waals surface area contributed by atoms with Crippen LogP contribution in [0.1, 0.15) is 68.4 Å². The molecule has 0 bridgehead atoms. The highest BCUT2D eigenvalue weighted by Gasteiger charge is 2.45. The van der Waals surface area contributed by atoms with E-state index >= 15 is 0 Å². The van der Waals surface area contributed by atoms with Crippen LogP contribution in [0.15, 0.2) is 42.7 Å². The fourth-order valence-electron chi connectivity index (χ4n) is 5.73. The quantitative estimate of drug-likeness (QED) is 0.464. The van der Waals surface area contributed by atoms with E-state index in [-0.39, 0.29) is 37.4 Å². The van der Waals surface area contributed by atoms with Gasteiger partial charge in [0, 0.05) is 31.4 Å². The molecule has 1 aromatic carbocycles. The highest BCUT2D eigenvalue weighted by atomic mass is 19.1. The normalized spacial score (nSPS) is 18.9. The Balaban J connectivity index is 1.44. The smallest absolute Gasteiger partial charge is 0.408 e. The Labute approximate surface area is 235 Å². The van der Waals surface area contributed by atoms with Crippen molar-refractivity contribution in [1.29, 1.82) is 0 Å². The van der Waals surface area contributed by atoms with Crippen LogP contribution in [0.3, 0.4) is 0 Å². The van der Waals surface area contributed by atoms with Crippen molar-refractivity contribution in [2.45, 2.75) is 63.6 Å². The summed E-state index contributed by atoms with van der Waals surface area (Å²) in [6.45, 7) is 5.72. The summed E-state index contributed by atoms with van der Waals surface area (Å²) in [5.41, 5.74) is -0.707. The number of ether oxygens (including phenoxy) is 1. The van der Waals surface area contributed by atoms with E-state index < -0.39 is 40.9 Å². The number of aliphatic carboxylic acids is 1. The molecule has 2 aromatic heterocycles. The van der Waals surface area contributed by atoms with Gasteiger partial charge in [-0.3, -0.25) is 4.79 Å². The molecule has 0 radical (unpaired) electrons. The third-order valence-electron chi connectivity index (χ3n) is 7.70. The Morgan fingerprint density at radius 1 is 1.10 bits per heavy atom. The SMILES string of the molecule is CC(C)(C)OC(=O)NC1(C(=O)O)CCN(C(=O)c2c(N3CCC[C@@H]3c3cc(F)ccc3F)ccn3nccc23)CC1. The first-order valence-corrected chi connectivity index (χ1v) is 13.6. The van der Waals surface area contributed by atoms with Crippen molar-refractivity contribution in [3.8, 4) is 0 Å². The molecule has 2 amide bonds. The van der Waals surface area contributed by atoms with E-state index in [9.17, 15) is 28.3 Å². The van der Waals surface area contributed by atoms with Crippen LogP contribution in [0, 0.1) is 11.6 Å². The van der Waals surface area contributed by atoms with Crippen LogP contribution in [0.25, 0.3) is 5.52 Å². The molecule has 41 heavy (non-hydrogen) atoms. The molecule has 0 spiro atoms. The highest BCUT2D eigenvalue weighted by molar-refractivity contribution is 6.06. The zero-order valence-corrected chi connectivity index (χ0v) is 23.2. The van der Waals surface area contributed by atoms with E-state index in [0.717, 1.165) is 18.6 Å². The molecule has 0 unspecified atom stereocenters. The third-order valence-corrected chi connectivity index (χ3v) is 7.70. The summed E-state index contributed by atoms with van der Waals surface area (Å²) >= 11 is 0. The fourth-order valence-corrected chi connectivity index (χ4v) is 5.73. The number of carboxylic acids is 1. The largest absolute Gasteiger partial charge is 0.480 e. The molecule has 2 fully saturated rings. The molecule has 3 aromatic rings. The topological polar surface area (TPSA) is 116 Å². The van der Waals surface area contributed by atoms with Gasteiger partial charge in [0.25, 0.3) is 5.91 Å². The first-order valence-electron chi connectivity index (χ1n) is 13.6. The van der Waals surface area contributed by atoms with Crippen LogP contribution >= 0.6 is 0 Å². The number of carbonyl (C=O) groups excluding carboxylic acids is 2. The van der Waals surface area contributed by atoms with Crippen molar-refractivity contribution in [3.63, 3.8) is 0 Å². The minimum absolute atomic E-state index is 0.0220. The van der Waals surface area contributed by atoms with Crippen molar-refractivity contribution < 1.29 is 33.0 Å². The minimum atomic E-state index is -1.58. The number of amides is 2. The number of fused-ring (bicyclic) bond motifs is 1. The van der Waals surface area contributed by atoms with Crippen LogP contribution in [0.2, 0.25) is 0 Å². The summed E-state index contributed by atoms with van der Waals surface area (Å²) in [4.78, 5) is 42.3. The average molecular weight is 570 g/mol. The summed E-state index contributed by atoms with van der Waals surface area (Å²) in [5.74, 6) is -2.59. The molecule has 10 nitrogen and oxygen atoms in total. The van der Waals surface area contributed by atoms with E-state index in [1.807, 2.05) is 4.90 Å². The Morgan fingerprint density at radius 3 is 2.51 bits per heavy atom. The first-order chi connectivity index (χ1) is 19.4. The lowest BCUT2D eigenvalue weighted by atomic mass is 9.87. The van der Waals surface area contributed by atoms with Gasteiger partial charge in [-0.05, 0) is 76.8 Å². The second kappa shape index (κ2) is 10.6. The van der Waals surface area contributed by atoms with Gasteiger partial charge in [-0.15, -0.1) is 0 Å². The maximum absolute atomic E-state index is 14.8. The lowest BCUT2D eigenvalue weighted by Crippen LogP contribution is -2.61. The number of pyridine rings is 1. The zero-order chi connectivity index (χ0) is 29.5. The van der Waals surface area contributed by atoms with E-state index in [0.29, 0.717) is 29.7 Å². The van der Waals surface area contributed by atoms with Gasteiger partial charge in [0.05, 0.1) is 29.0 Å². The Kier molecular flexibility index (Phi) is 7.35. The number of nitrogens with zero attached hydrogens (tertiary/aromatic N) is 4. The molecule has 0 aliphatic carbocycles. The molecule has 1 atom stereocenters. The van der Waals surface area contributed by atoms with Gasteiger partial charge < -0.3 is 25.0 Å². The standard InChI is InChI=1S/C29H33F2N5O5/c1-28(2,3)41-27(40)33-29(26(38)39)10-15-34(16-11-29)25(37)24-22(9-14-36-23(24)8-12-32-36)35-13-4-5-21(35)19-17-18(30)6-7-20(19)31/h6-9,12,14,17,21H,4-5,10-11,13,15-16H2,1-3H3,(H,33,40)(H,38,39)/t21-/m1/s1. The van der Waals surface area contributed by atoms with Gasteiger partial charge in [-0.1, -0.05) is 0 Å². The number of halogens is 2. The second-order valence-corrected chi connectivity index (χ2v) is 11.6. The average Bonchev–Trinajstić information content (AvgIpc) is 3.58. The maximum atomic E-state index is 14.8. The summed E-state index contributed by atoms with van der Waals surface area (Å²) in [7, 11) is 0. The fraction of sp³-hybridized carbons (Fsp3) is 0.448. The summed E-state index contributed by atoms with van der Waals surface area (Å²) in [6, 6.07) is 6.38. The second-order valence-electron chi connectivity index (χ2n) is 11.6. The first kappa shape index (κ1) is 28.3. The number of piperidine rings is 1. The zero-order valence-electron chi connectivity index (χ0n) is 23.2. The van der Waals surface area contributed by atoms with Crippen molar-refractivity contribution in [1.82, 2.24) is 19.8 Å². The molecule has 2 N–H and O–H groups in total. The maximum Gasteiger partial charge on any atom is 0.408 e. The Bertz CT molecular complexity index is 1490. The molecule has 12 heteroatoms. The molecule has 2 saturated heterocycles. The lowest BCUT2D eigenvalue weighted by molar-refractivity contribution is -0.146. The molecule has 2 aliphatic rings. The van der Waals surface area contributed by atoms with E-state index in [1.54, 1.807) is 54.7 Å². The number of hydrogen-bond donors (Lipinski definition) is 2. The van der Waals surface area contributed by atoms with Gasteiger partial charge in [0.2, 0.25) is 0 Å². The number of carboxylic acid groups (broad SMARTS) is 1. The van der Waals surface area contributed by atoms with Gasteiger partial charge in [-0.25, -0.2) is 22.9 Å². The predicted octanol–water partition coefficient (Wildman–Crippen LogP) is 4.54. The van der Waals surface area contributed by atoms with Crippen molar-refractivity contribution in [2.24, 2.45) is 0 Å². The summed E-state index contributed by atoms with van der Waals surface area (Å²) < 4.78 is 35.8. The molecule has 0 saturated carbocycles. The van der Waals surface area contributed by atoms with Gasteiger partial charge >= 0.3 is 12.1 Å². The van der Waals surface area contributed by atoms with E-state index in [2.05, 4.69) is 10.4 Å². The Morgan fingerprint density at radius 2 is 1.83 bits per heavy atom. The summed E-state index contributed by atoms with van der Waals surface area (Å²) in [6.07, 6.45) is 3.71. The molecule has 2 aliphatic heterocycles. The third kappa shape index (κ3) is 5.55. The molecular weight excluding hydrogens is 536 g/mol. The highest BCUT2D eigenvalue weighted by Crippen LogP contribution is 2.40. The molecular formula is C29H33F2N5O5. The summed E-state index contributed by atoms with van der Waals surface area (Å²) in [5, 5.41) is 16.8. The molecule has 5 rings (SSSR count). The number of nitrogens with one attached hydrogen (secondary N) is 1. The van der Waals surface area contributed by atoms with Crippen LogP contribution in [0.4, 0.5) is 19.3 Å². The molecule has 218 valence electrons. The number of carbonyl (C=O) groups is 3. The monoisotopic (exact) mass is 569 g/mol. The van der Waals surface area contributed by atoms with Crippen LogP contribution in [-0.4, -0.2) is 68.4 Å². The lowest BCUT2D eigenvalue weighted by Gasteiger charge is -2.40. The van der Waals surface area contributed by atoms with Gasteiger partial charge in [0.15, 0.2) is 0 Å². The van der Waals surface area contributed by atoms with Crippen LogP contribution in [0.5, 0.6) is 0 Å². The van der Waals surface area contributed by atoms with Gasteiger partial charge in [0.1, 0.15) is 22.8 Å². The number of anilines is 1. The van der Waals surface area contributed by atoms with Crippen LogP contribution < -0.4 is 10.2 Å². The van der Waals surface area contributed by atoms with Crippen molar-refractivity contribution in [3.05, 3.63) is 65.5 Å². The predicted molar refractivity (Wildman–Crippen MR) is 146 cm³/mol. The minimum Gasteiger partial charge on any atom is -0.480 e. The van der Waals surface area contributed by atoms with E-state index in [1.165, 1.54) is 6.07 Å². The molecule has 4 heterocycles. The van der Waals surface area contributed by atoms with Crippen molar-refractivity contribution in [2.75, 3.05) is 24.5 Å². The Hall–Kier alpha value is -4.22. The number of aromatic nitrogens is 2. The number of alkyl carbamates (subject to hydrolysis) is 1. The van der Waals surface area contributed by atoms with Crippen molar-refractivity contribution >= 4 is 29.2 Å². The van der Waals surface area contributed by atoms with Gasteiger partial charge in [-0.2, -0.15) is 5.10 Å². The van der Waals surface area contributed by atoms with Crippen LogP contribution in [-0.2, 0) is 9.53 Å². The van der Waals surface area contributed by atoms with E-state index in [4.69, 9.17) is 4.74 Å². The number of likely N-dealkylation sites (tertiary alicyclic amines) is 1.